The molecule has 0 spiro atoms. The van der Waals surface area contributed by atoms with Crippen LogP contribution in [-0.2, 0) is 19.1 Å². The molecule has 2 atom stereocenters. The van der Waals surface area contributed by atoms with Crippen LogP contribution in [0.5, 0.6) is 0 Å². The normalized spacial score (nSPS) is 18.1. The molecular weight excluding hydrogens is 260 g/mol. The van der Waals surface area contributed by atoms with Gasteiger partial charge in [0, 0.05) is 13.0 Å². The molecule has 114 valence electrons. The molecule has 1 fully saturated rings. The van der Waals surface area contributed by atoms with E-state index in [0.717, 1.165) is 6.42 Å². The number of rotatable bonds is 6. The molecule has 1 aliphatic rings. The maximum absolute atomic E-state index is 12.3. The van der Waals surface area contributed by atoms with E-state index in [4.69, 9.17) is 4.74 Å². The van der Waals surface area contributed by atoms with Crippen LogP contribution < -0.4 is 5.32 Å². The number of likely N-dealkylation sites (tertiary alicyclic amines) is 1. The van der Waals surface area contributed by atoms with E-state index in [1.54, 1.807) is 18.7 Å². The van der Waals surface area contributed by atoms with Gasteiger partial charge in [-0.2, -0.15) is 0 Å². The van der Waals surface area contributed by atoms with Crippen molar-refractivity contribution in [2.24, 2.45) is 5.92 Å². The van der Waals surface area contributed by atoms with Crippen LogP contribution in [0.1, 0.15) is 40.5 Å². The van der Waals surface area contributed by atoms with Crippen molar-refractivity contribution < 1.29 is 19.1 Å². The van der Waals surface area contributed by atoms with E-state index < -0.39 is 18.1 Å². The van der Waals surface area contributed by atoms with E-state index >= 15 is 0 Å². The number of nitrogens with zero attached hydrogens (tertiary/aromatic N) is 1. The molecule has 1 heterocycles. The van der Waals surface area contributed by atoms with Gasteiger partial charge in [-0.3, -0.25) is 9.59 Å². The summed E-state index contributed by atoms with van der Waals surface area (Å²) in [5.41, 5.74) is 0. The first-order chi connectivity index (χ1) is 9.38. The number of carbonyl (C=O) groups excluding carboxylic acids is 3. The van der Waals surface area contributed by atoms with Gasteiger partial charge in [0.25, 0.3) is 0 Å². The van der Waals surface area contributed by atoms with Crippen LogP contribution in [0.4, 0.5) is 0 Å². The molecule has 0 aromatic carbocycles. The second-order valence-corrected chi connectivity index (χ2v) is 5.36. The zero-order valence-corrected chi connectivity index (χ0v) is 12.6. The highest BCUT2D eigenvalue weighted by molar-refractivity contribution is 5.91. The smallest absolute Gasteiger partial charge is 0.328 e. The quantitative estimate of drug-likeness (QED) is 0.729. The number of hydrogen-bond acceptors (Lipinski definition) is 4. The highest BCUT2D eigenvalue weighted by Crippen LogP contribution is 2.19. The number of carbonyl (C=O) groups is 3. The van der Waals surface area contributed by atoms with Crippen LogP contribution in [0.3, 0.4) is 0 Å². The number of amides is 2. The summed E-state index contributed by atoms with van der Waals surface area (Å²) in [6.07, 6.45) is 1.27. The summed E-state index contributed by atoms with van der Waals surface area (Å²) in [6, 6.07) is -1.23. The van der Waals surface area contributed by atoms with Crippen LogP contribution in [0.15, 0.2) is 0 Å². The summed E-state index contributed by atoms with van der Waals surface area (Å²) >= 11 is 0. The van der Waals surface area contributed by atoms with Crippen LogP contribution in [-0.4, -0.2) is 47.9 Å². The van der Waals surface area contributed by atoms with Gasteiger partial charge in [-0.25, -0.2) is 4.79 Å². The molecule has 1 saturated heterocycles. The highest BCUT2D eigenvalue weighted by atomic mass is 16.5. The van der Waals surface area contributed by atoms with Gasteiger partial charge >= 0.3 is 5.97 Å². The Bertz CT molecular complexity index is 381. The number of esters is 1. The van der Waals surface area contributed by atoms with E-state index in [9.17, 15) is 14.4 Å². The predicted molar refractivity (Wildman–Crippen MR) is 73.8 cm³/mol. The van der Waals surface area contributed by atoms with E-state index in [2.05, 4.69) is 5.32 Å². The average molecular weight is 284 g/mol. The Labute approximate surface area is 119 Å². The molecule has 0 saturated carbocycles. The number of nitrogens with one attached hydrogen (secondary N) is 1. The van der Waals surface area contributed by atoms with Crippen molar-refractivity contribution in [3.63, 3.8) is 0 Å². The second-order valence-electron chi connectivity index (χ2n) is 5.36. The number of hydrogen-bond donors (Lipinski definition) is 1. The Morgan fingerprint density at radius 2 is 2.00 bits per heavy atom. The zero-order valence-electron chi connectivity index (χ0n) is 12.6. The molecule has 20 heavy (non-hydrogen) atoms. The van der Waals surface area contributed by atoms with E-state index in [0.29, 0.717) is 13.0 Å². The molecule has 1 aliphatic heterocycles. The van der Waals surface area contributed by atoms with Gasteiger partial charge in [0.2, 0.25) is 11.8 Å². The minimum atomic E-state index is -0.707. The molecule has 6 heteroatoms. The van der Waals surface area contributed by atoms with Crippen molar-refractivity contribution in [2.45, 2.75) is 52.6 Å². The lowest BCUT2D eigenvalue weighted by molar-refractivity contribution is -0.148. The van der Waals surface area contributed by atoms with Crippen LogP contribution in [0.25, 0.3) is 0 Å². The average Bonchev–Trinajstić information content (AvgIpc) is 2.75. The van der Waals surface area contributed by atoms with Gasteiger partial charge in [0.1, 0.15) is 12.1 Å². The van der Waals surface area contributed by atoms with Crippen molar-refractivity contribution in [1.82, 2.24) is 10.2 Å². The van der Waals surface area contributed by atoms with Gasteiger partial charge in [0.15, 0.2) is 0 Å². The van der Waals surface area contributed by atoms with Crippen molar-refractivity contribution in [3.8, 4) is 0 Å². The molecule has 0 radical (unpaired) electrons. The van der Waals surface area contributed by atoms with E-state index in [1.807, 2.05) is 13.8 Å². The van der Waals surface area contributed by atoms with Crippen LogP contribution in [0.2, 0.25) is 0 Å². The van der Waals surface area contributed by atoms with Gasteiger partial charge in [-0.15, -0.1) is 0 Å². The maximum atomic E-state index is 12.3. The minimum Gasteiger partial charge on any atom is -0.464 e. The molecule has 0 aliphatic carbocycles. The summed E-state index contributed by atoms with van der Waals surface area (Å²) < 4.78 is 4.86. The second kappa shape index (κ2) is 7.26. The molecule has 6 nitrogen and oxygen atoms in total. The van der Waals surface area contributed by atoms with Crippen molar-refractivity contribution >= 4 is 17.8 Å². The van der Waals surface area contributed by atoms with Crippen LogP contribution >= 0.6 is 0 Å². The Morgan fingerprint density at radius 1 is 1.35 bits per heavy atom. The molecule has 1 N–H and O–H groups in total. The lowest BCUT2D eigenvalue weighted by Gasteiger charge is -2.30. The zero-order chi connectivity index (χ0) is 15.3. The minimum absolute atomic E-state index is 0.00244. The van der Waals surface area contributed by atoms with E-state index in [-0.39, 0.29) is 24.3 Å². The van der Waals surface area contributed by atoms with Gasteiger partial charge in [0.05, 0.1) is 6.61 Å². The summed E-state index contributed by atoms with van der Waals surface area (Å²) in [5, 5.41) is 2.64. The highest BCUT2D eigenvalue weighted by Gasteiger charge is 2.35. The first kappa shape index (κ1) is 16.5. The SMILES string of the molecule is CCOC(=O)[C@H](C)NC(=O)[C@H](C(C)C)N1CCCC1=O. The van der Waals surface area contributed by atoms with Crippen molar-refractivity contribution in [1.29, 1.82) is 0 Å². The lowest BCUT2D eigenvalue weighted by atomic mass is 10.0. The summed E-state index contributed by atoms with van der Waals surface area (Å²) in [7, 11) is 0. The van der Waals surface area contributed by atoms with Crippen molar-refractivity contribution in [3.05, 3.63) is 0 Å². The summed E-state index contributed by atoms with van der Waals surface area (Å²) in [6.45, 7) is 7.96. The Kier molecular flexibility index (Phi) is 5.98. The molecule has 0 aromatic rings. The molecule has 0 aromatic heterocycles. The third kappa shape index (κ3) is 3.95. The monoisotopic (exact) mass is 284 g/mol. The van der Waals surface area contributed by atoms with Gasteiger partial charge in [-0.1, -0.05) is 13.8 Å². The fourth-order valence-electron chi connectivity index (χ4n) is 2.39. The lowest BCUT2D eigenvalue weighted by Crippen LogP contribution is -2.53. The van der Waals surface area contributed by atoms with Crippen LogP contribution in [0, 0.1) is 5.92 Å². The predicted octanol–water partition coefficient (Wildman–Crippen LogP) is 0.701. The largest absolute Gasteiger partial charge is 0.464 e. The van der Waals surface area contributed by atoms with E-state index in [1.165, 1.54) is 0 Å². The molecule has 2 amide bonds. The first-order valence-corrected chi connectivity index (χ1v) is 7.15. The fourth-order valence-corrected chi connectivity index (χ4v) is 2.39. The fraction of sp³-hybridized carbons (Fsp3) is 0.786. The maximum Gasteiger partial charge on any atom is 0.328 e. The molecule has 0 bridgehead atoms. The topological polar surface area (TPSA) is 75.7 Å². The Hall–Kier alpha value is -1.59. The third-order valence-electron chi connectivity index (χ3n) is 3.34. The van der Waals surface area contributed by atoms with Gasteiger partial charge < -0.3 is 15.0 Å². The molecule has 0 unspecified atom stereocenters. The standard InChI is InChI=1S/C14H24N2O4/c1-5-20-14(19)10(4)15-13(18)12(9(2)3)16-8-6-7-11(16)17/h9-10,12H,5-8H2,1-4H3,(H,15,18)/t10-,12-/m0/s1. The number of ether oxygens (including phenoxy) is 1. The molecule has 1 rings (SSSR count). The Morgan fingerprint density at radius 3 is 2.45 bits per heavy atom. The third-order valence-corrected chi connectivity index (χ3v) is 3.34. The Balaban J connectivity index is 2.70. The molecular formula is C14H24N2O4. The first-order valence-electron chi connectivity index (χ1n) is 7.15. The summed E-state index contributed by atoms with van der Waals surface area (Å²) in [4.78, 5) is 37.3. The summed E-state index contributed by atoms with van der Waals surface area (Å²) in [5.74, 6) is -0.763. The van der Waals surface area contributed by atoms with Crippen molar-refractivity contribution in [2.75, 3.05) is 13.2 Å². The van der Waals surface area contributed by atoms with Gasteiger partial charge in [-0.05, 0) is 26.2 Å².